The maximum Gasteiger partial charge on any atom is 0.335 e. The van der Waals surface area contributed by atoms with E-state index in [9.17, 15) is 19.6 Å². The normalized spacial score (nSPS) is 14.3. The molecule has 7 nitrogen and oxygen atoms in total. The van der Waals surface area contributed by atoms with Gasteiger partial charge in [0.05, 0.1) is 33.1 Å². The minimum Gasteiger partial charge on any atom is -0.488 e. The summed E-state index contributed by atoms with van der Waals surface area (Å²) in [5.74, 6) is -0.873. The molecular formula is C26H17BrN2O5S. The van der Waals surface area contributed by atoms with Gasteiger partial charge in [-0.2, -0.15) is 5.26 Å². The van der Waals surface area contributed by atoms with Crippen molar-refractivity contribution in [1.29, 1.82) is 5.26 Å². The zero-order valence-corrected chi connectivity index (χ0v) is 20.5. The molecule has 1 N–H and O–H groups in total. The molecule has 0 aliphatic carbocycles. The van der Waals surface area contributed by atoms with Crippen LogP contribution in [0.5, 0.6) is 5.75 Å². The molecule has 0 aromatic heterocycles. The SMILES string of the molecule is N#Cc1ccccc1CN1C(=O)S/C(=C/c2ccc(OCc3cccc(C(=O)O)c3)c(Br)c2)C1=O. The van der Waals surface area contributed by atoms with Crippen molar-refractivity contribution < 1.29 is 24.2 Å². The van der Waals surface area contributed by atoms with Gasteiger partial charge in [-0.15, -0.1) is 0 Å². The lowest BCUT2D eigenvalue weighted by atomic mass is 10.1. The smallest absolute Gasteiger partial charge is 0.335 e. The first-order valence-corrected chi connectivity index (χ1v) is 11.9. The van der Waals surface area contributed by atoms with Crippen LogP contribution in [0.25, 0.3) is 6.08 Å². The van der Waals surface area contributed by atoms with Gasteiger partial charge in [0.25, 0.3) is 11.1 Å². The van der Waals surface area contributed by atoms with Crippen LogP contribution in [0.3, 0.4) is 0 Å². The first-order chi connectivity index (χ1) is 16.9. The quantitative estimate of drug-likeness (QED) is 0.369. The Labute approximate surface area is 213 Å². The fourth-order valence-electron chi connectivity index (χ4n) is 3.40. The largest absolute Gasteiger partial charge is 0.488 e. The maximum absolute atomic E-state index is 12.9. The average molecular weight is 549 g/mol. The number of nitriles is 1. The van der Waals surface area contributed by atoms with Gasteiger partial charge in [0.2, 0.25) is 0 Å². The summed E-state index contributed by atoms with van der Waals surface area (Å²) in [4.78, 5) is 37.9. The van der Waals surface area contributed by atoms with Crippen LogP contribution in [-0.4, -0.2) is 27.1 Å². The summed E-state index contributed by atoms with van der Waals surface area (Å²) in [5.41, 5.74) is 2.62. The second-order valence-electron chi connectivity index (χ2n) is 7.52. The summed E-state index contributed by atoms with van der Waals surface area (Å²) in [7, 11) is 0. The van der Waals surface area contributed by atoms with Crippen molar-refractivity contribution in [3.63, 3.8) is 0 Å². The van der Waals surface area contributed by atoms with Gasteiger partial charge >= 0.3 is 5.97 Å². The molecule has 35 heavy (non-hydrogen) atoms. The molecule has 174 valence electrons. The third kappa shape index (κ3) is 5.62. The Bertz CT molecular complexity index is 1410. The van der Waals surface area contributed by atoms with E-state index in [2.05, 4.69) is 22.0 Å². The molecule has 0 spiro atoms. The molecule has 1 saturated heterocycles. The van der Waals surface area contributed by atoms with Gasteiger partial charge in [0.1, 0.15) is 12.4 Å². The second kappa shape index (κ2) is 10.6. The summed E-state index contributed by atoms with van der Waals surface area (Å²) in [5, 5.41) is 18.0. The predicted molar refractivity (Wildman–Crippen MR) is 135 cm³/mol. The van der Waals surface area contributed by atoms with E-state index in [1.54, 1.807) is 66.7 Å². The van der Waals surface area contributed by atoms with Crippen LogP contribution in [0, 0.1) is 11.3 Å². The predicted octanol–water partition coefficient (Wildman–Crippen LogP) is 5.83. The summed E-state index contributed by atoms with van der Waals surface area (Å²) in [6.07, 6.45) is 1.63. The number of carbonyl (C=O) groups excluding carboxylic acids is 2. The molecule has 2 amide bonds. The average Bonchev–Trinajstić information content (AvgIpc) is 3.11. The van der Waals surface area contributed by atoms with Crippen LogP contribution in [0.15, 0.2) is 76.1 Å². The van der Waals surface area contributed by atoms with Gasteiger partial charge in [0, 0.05) is 0 Å². The monoisotopic (exact) mass is 548 g/mol. The number of benzene rings is 3. The first-order valence-electron chi connectivity index (χ1n) is 10.3. The number of carboxylic acid groups (broad SMARTS) is 1. The van der Waals surface area contributed by atoms with Crippen LogP contribution < -0.4 is 4.74 Å². The number of carboxylic acids is 1. The van der Waals surface area contributed by atoms with E-state index in [4.69, 9.17) is 9.84 Å². The van der Waals surface area contributed by atoms with Crippen molar-refractivity contribution in [3.8, 4) is 11.8 Å². The van der Waals surface area contributed by atoms with Gasteiger partial charge in [-0.25, -0.2) is 4.79 Å². The van der Waals surface area contributed by atoms with Crippen molar-refractivity contribution in [2.75, 3.05) is 0 Å². The highest BCUT2D eigenvalue weighted by atomic mass is 79.9. The Balaban J connectivity index is 1.46. The zero-order valence-electron chi connectivity index (χ0n) is 18.1. The number of rotatable bonds is 7. The third-order valence-electron chi connectivity index (χ3n) is 5.16. The number of hydrogen-bond acceptors (Lipinski definition) is 6. The fraction of sp³-hybridized carbons (Fsp3) is 0.0769. The fourth-order valence-corrected chi connectivity index (χ4v) is 4.75. The summed E-state index contributed by atoms with van der Waals surface area (Å²) in [6.45, 7) is 0.216. The molecule has 1 fully saturated rings. The van der Waals surface area contributed by atoms with Gasteiger partial charge in [-0.1, -0.05) is 36.4 Å². The molecule has 3 aromatic carbocycles. The number of halogens is 1. The standard InChI is InChI=1S/C26H17BrN2O5S/c27-21-11-16(8-9-22(21)34-15-17-4-3-7-18(10-17)25(31)32)12-23-24(30)29(26(33)35-23)14-20-6-2-1-5-19(20)13-28/h1-12H,14-15H2,(H,31,32)/b23-12+. The zero-order chi connectivity index (χ0) is 24.9. The van der Waals surface area contributed by atoms with E-state index in [1.807, 2.05) is 0 Å². The van der Waals surface area contributed by atoms with Crippen LogP contribution >= 0.6 is 27.7 Å². The highest BCUT2D eigenvalue weighted by Crippen LogP contribution is 2.35. The topological polar surface area (TPSA) is 108 Å². The highest BCUT2D eigenvalue weighted by Gasteiger charge is 2.35. The second-order valence-corrected chi connectivity index (χ2v) is 9.37. The molecule has 1 aliphatic rings. The van der Waals surface area contributed by atoms with Gasteiger partial charge in [-0.3, -0.25) is 14.5 Å². The molecule has 0 saturated carbocycles. The lowest BCUT2D eigenvalue weighted by Crippen LogP contribution is -2.27. The summed E-state index contributed by atoms with van der Waals surface area (Å²) < 4.78 is 6.45. The Hall–Kier alpha value is -3.87. The molecule has 9 heteroatoms. The van der Waals surface area contributed by atoms with Crippen LogP contribution in [0.1, 0.15) is 32.6 Å². The van der Waals surface area contributed by atoms with Crippen molar-refractivity contribution in [1.82, 2.24) is 4.90 Å². The summed E-state index contributed by atoms with van der Waals surface area (Å²) >= 11 is 4.31. The van der Waals surface area contributed by atoms with Gasteiger partial charge in [0.15, 0.2) is 0 Å². The van der Waals surface area contributed by atoms with Crippen LogP contribution in [0.2, 0.25) is 0 Å². The number of amides is 2. The van der Waals surface area contributed by atoms with Gasteiger partial charge < -0.3 is 9.84 Å². The van der Waals surface area contributed by atoms with E-state index in [0.717, 1.165) is 16.7 Å². The van der Waals surface area contributed by atoms with E-state index in [0.29, 0.717) is 32.5 Å². The molecular weight excluding hydrogens is 532 g/mol. The lowest BCUT2D eigenvalue weighted by molar-refractivity contribution is -0.123. The molecule has 1 heterocycles. The number of aromatic carboxylic acids is 1. The molecule has 4 rings (SSSR count). The summed E-state index contributed by atoms with van der Waals surface area (Å²) in [6, 6.07) is 20.7. The lowest BCUT2D eigenvalue weighted by Gasteiger charge is -2.13. The highest BCUT2D eigenvalue weighted by molar-refractivity contribution is 9.10. The molecule has 1 aliphatic heterocycles. The minimum absolute atomic E-state index is 0.0330. The van der Waals surface area contributed by atoms with E-state index < -0.39 is 17.1 Å². The van der Waals surface area contributed by atoms with Crippen LogP contribution in [0.4, 0.5) is 4.79 Å². The van der Waals surface area contributed by atoms with E-state index >= 15 is 0 Å². The molecule has 0 unspecified atom stereocenters. The van der Waals surface area contributed by atoms with Crippen LogP contribution in [-0.2, 0) is 17.9 Å². The van der Waals surface area contributed by atoms with Gasteiger partial charge in [-0.05, 0) is 80.8 Å². The molecule has 0 bridgehead atoms. The number of hydrogen-bond donors (Lipinski definition) is 1. The van der Waals surface area contributed by atoms with Crippen molar-refractivity contribution in [2.45, 2.75) is 13.2 Å². The Kier molecular flexibility index (Phi) is 7.34. The van der Waals surface area contributed by atoms with Crippen molar-refractivity contribution in [3.05, 3.63) is 104 Å². The number of imide groups is 1. The first kappa shape index (κ1) is 24.3. The van der Waals surface area contributed by atoms with E-state index in [-0.39, 0.29) is 23.6 Å². The maximum atomic E-state index is 12.9. The van der Waals surface area contributed by atoms with E-state index in [1.165, 1.54) is 6.07 Å². The Morgan fingerprint density at radius 1 is 1.11 bits per heavy atom. The Morgan fingerprint density at radius 3 is 2.66 bits per heavy atom. The number of thioether (sulfide) groups is 1. The number of ether oxygens (including phenoxy) is 1. The molecule has 3 aromatic rings. The molecule has 0 atom stereocenters. The number of carbonyl (C=O) groups is 3. The number of nitrogens with zero attached hydrogens (tertiary/aromatic N) is 2. The van der Waals surface area contributed by atoms with Crippen molar-refractivity contribution in [2.24, 2.45) is 0 Å². The van der Waals surface area contributed by atoms with Crippen molar-refractivity contribution >= 4 is 50.9 Å². The molecule has 0 radical (unpaired) electrons. The minimum atomic E-state index is -1.00. The third-order valence-corrected chi connectivity index (χ3v) is 6.69. The Morgan fingerprint density at radius 2 is 1.91 bits per heavy atom.